The first-order valence-corrected chi connectivity index (χ1v) is 8.41. The highest BCUT2D eigenvalue weighted by Crippen LogP contribution is 2.36. The first kappa shape index (κ1) is 14.8. The minimum Gasteiger partial charge on any atom is -0.368 e. The van der Waals surface area contributed by atoms with Crippen LogP contribution in [0.4, 0.5) is 5.69 Å². The third kappa shape index (κ3) is 3.73. The summed E-state index contributed by atoms with van der Waals surface area (Å²) in [6.07, 6.45) is 0. The summed E-state index contributed by atoms with van der Waals surface area (Å²) in [5.74, 6) is 0. The lowest BCUT2D eigenvalue weighted by Gasteiger charge is -2.31. The van der Waals surface area contributed by atoms with Gasteiger partial charge < -0.3 is 10.2 Å². The molecule has 0 atom stereocenters. The maximum absolute atomic E-state index is 5.96. The van der Waals surface area contributed by atoms with Crippen LogP contribution in [-0.2, 0) is 0 Å². The molecule has 1 saturated heterocycles. The number of aryl methyl sites for hydroxylation is 1. The van der Waals surface area contributed by atoms with Gasteiger partial charge >= 0.3 is 0 Å². The highest BCUT2D eigenvalue weighted by Gasteiger charge is 2.15. The Morgan fingerprint density at radius 1 is 1.05 bits per heavy atom. The van der Waals surface area contributed by atoms with E-state index in [1.165, 1.54) is 21.0 Å². The summed E-state index contributed by atoms with van der Waals surface area (Å²) < 4.78 is 0. The Morgan fingerprint density at radius 3 is 2.48 bits per heavy atom. The summed E-state index contributed by atoms with van der Waals surface area (Å²) >= 11 is 7.77. The fourth-order valence-electron chi connectivity index (χ4n) is 2.50. The van der Waals surface area contributed by atoms with E-state index in [1.54, 1.807) is 11.8 Å². The molecule has 0 aliphatic carbocycles. The Balaban J connectivity index is 1.88. The van der Waals surface area contributed by atoms with Gasteiger partial charge in [-0.05, 0) is 48.9 Å². The normalized spacial score (nSPS) is 15.2. The second-order valence-corrected chi connectivity index (χ2v) is 6.82. The lowest BCUT2D eigenvalue weighted by molar-refractivity contribution is 0.587. The number of anilines is 1. The zero-order valence-electron chi connectivity index (χ0n) is 12.1. The molecule has 4 heteroatoms. The first-order valence-electron chi connectivity index (χ1n) is 7.22. The molecule has 1 heterocycles. The second-order valence-electron chi connectivity index (χ2n) is 5.26. The van der Waals surface area contributed by atoms with Crippen LogP contribution < -0.4 is 10.2 Å². The van der Waals surface area contributed by atoms with Crippen LogP contribution in [0.15, 0.2) is 52.3 Å². The molecule has 0 saturated carbocycles. The maximum Gasteiger partial charge on any atom is 0.0511 e. The molecule has 0 radical (unpaired) electrons. The van der Waals surface area contributed by atoms with Crippen LogP contribution in [0, 0.1) is 6.92 Å². The summed E-state index contributed by atoms with van der Waals surface area (Å²) in [5.41, 5.74) is 2.65. The van der Waals surface area contributed by atoms with Crippen LogP contribution in [0.3, 0.4) is 0 Å². The van der Waals surface area contributed by atoms with E-state index < -0.39 is 0 Å². The molecule has 0 amide bonds. The van der Waals surface area contributed by atoms with Crippen molar-refractivity contribution in [1.82, 2.24) is 5.32 Å². The van der Waals surface area contributed by atoms with Crippen molar-refractivity contribution < 1.29 is 0 Å². The van der Waals surface area contributed by atoms with E-state index >= 15 is 0 Å². The van der Waals surface area contributed by atoms with Crippen molar-refractivity contribution in [2.24, 2.45) is 0 Å². The molecular formula is C17H19ClN2S. The largest absolute Gasteiger partial charge is 0.368 e. The Kier molecular flexibility index (Phi) is 4.73. The third-order valence-electron chi connectivity index (χ3n) is 3.61. The van der Waals surface area contributed by atoms with Crippen LogP contribution in [0.1, 0.15) is 5.56 Å². The Hall–Kier alpha value is -1.16. The molecule has 21 heavy (non-hydrogen) atoms. The molecular weight excluding hydrogens is 300 g/mol. The highest BCUT2D eigenvalue weighted by molar-refractivity contribution is 7.99. The molecule has 0 unspecified atom stereocenters. The molecule has 1 fully saturated rings. The first-order chi connectivity index (χ1) is 10.2. The lowest BCUT2D eigenvalue weighted by Crippen LogP contribution is -2.43. The summed E-state index contributed by atoms with van der Waals surface area (Å²) in [5, 5.41) is 4.19. The molecule has 2 aromatic carbocycles. The average Bonchev–Trinajstić information content (AvgIpc) is 2.52. The smallest absolute Gasteiger partial charge is 0.0511 e. The van der Waals surface area contributed by atoms with E-state index in [1.807, 2.05) is 12.1 Å². The highest BCUT2D eigenvalue weighted by atomic mass is 35.5. The Bertz CT molecular complexity index is 607. The van der Waals surface area contributed by atoms with Crippen molar-refractivity contribution in [3.63, 3.8) is 0 Å². The predicted molar refractivity (Wildman–Crippen MR) is 91.8 cm³/mol. The number of halogens is 1. The minimum absolute atomic E-state index is 0.783. The Labute approximate surface area is 135 Å². The number of rotatable bonds is 3. The van der Waals surface area contributed by atoms with Crippen LogP contribution in [-0.4, -0.2) is 26.2 Å². The van der Waals surface area contributed by atoms with Gasteiger partial charge in [0.15, 0.2) is 0 Å². The number of hydrogen-bond acceptors (Lipinski definition) is 3. The zero-order valence-corrected chi connectivity index (χ0v) is 13.7. The molecule has 1 aliphatic rings. The molecule has 1 N–H and O–H groups in total. The monoisotopic (exact) mass is 318 g/mol. The van der Waals surface area contributed by atoms with E-state index in [2.05, 4.69) is 47.5 Å². The molecule has 2 nitrogen and oxygen atoms in total. The van der Waals surface area contributed by atoms with Gasteiger partial charge in [-0.25, -0.2) is 0 Å². The van der Waals surface area contributed by atoms with E-state index in [4.69, 9.17) is 11.6 Å². The fraction of sp³-hybridized carbons (Fsp3) is 0.294. The van der Waals surface area contributed by atoms with Crippen molar-refractivity contribution in [1.29, 1.82) is 0 Å². The van der Waals surface area contributed by atoms with Crippen molar-refractivity contribution >= 4 is 29.1 Å². The summed E-state index contributed by atoms with van der Waals surface area (Å²) in [6, 6.07) is 14.8. The standard InChI is InChI=1S/C17H19ClN2S/c1-13-2-7-17(21-15-5-3-14(18)4-6-15)16(12-13)20-10-8-19-9-11-20/h2-7,12,19H,8-11H2,1H3. The topological polar surface area (TPSA) is 15.3 Å². The van der Waals surface area contributed by atoms with Gasteiger partial charge in [0.05, 0.1) is 5.69 Å². The molecule has 1 aliphatic heterocycles. The van der Waals surface area contributed by atoms with E-state index in [0.29, 0.717) is 0 Å². The van der Waals surface area contributed by atoms with Gasteiger partial charge in [-0.3, -0.25) is 0 Å². The second kappa shape index (κ2) is 6.73. The molecule has 0 spiro atoms. The SMILES string of the molecule is Cc1ccc(Sc2ccc(Cl)cc2)c(N2CCNCC2)c1. The zero-order chi connectivity index (χ0) is 14.7. The number of nitrogens with zero attached hydrogens (tertiary/aromatic N) is 1. The van der Waals surface area contributed by atoms with Crippen molar-refractivity contribution in [3.05, 3.63) is 53.1 Å². The number of benzene rings is 2. The summed E-state index contributed by atoms with van der Waals surface area (Å²) in [7, 11) is 0. The van der Waals surface area contributed by atoms with Gasteiger partial charge in [0.2, 0.25) is 0 Å². The molecule has 110 valence electrons. The van der Waals surface area contributed by atoms with Gasteiger partial charge in [-0.1, -0.05) is 29.4 Å². The number of piperazine rings is 1. The van der Waals surface area contributed by atoms with Crippen molar-refractivity contribution in [2.45, 2.75) is 16.7 Å². The molecule has 2 aromatic rings. The molecule has 0 aromatic heterocycles. The van der Waals surface area contributed by atoms with Crippen LogP contribution in [0.2, 0.25) is 5.02 Å². The Morgan fingerprint density at radius 2 is 1.76 bits per heavy atom. The van der Waals surface area contributed by atoms with Gasteiger partial charge in [-0.15, -0.1) is 0 Å². The van der Waals surface area contributed by atoms with E-state index in [9.17, 15) is 0 Å². The average molecular weight is 319 g/mol. The molecule has 0 bridgehead atoms. The van der Waals surface area contributed by atoms with Crippen LogP contribution in [0.25, 0.3) is 0 Å². The van der Waals surface area contributed by atoms with Crippen molar-refractivity contribution in [2.75, 3.05) is 31.1 Å². The third-order valence-corrected chi connectivity index (χ3v) is 4.94. The number of hydrogen-bond donors (Lipinski definition) is 1. The lowest BCUT2D eigenvalue weighted by atomic mass is 10.2. The van der Waals surface area contributed by atoms with Gasteiger partial charge in [0.1, 0.15) is 0 Å². The quantitative estimate of drug-likeness (QED) is 0.912. The van der Waals surface area contributed by atoms with Gasteiger partial charge in [0, 0.05) is 41.0 Å². The predicted octanol–water partition coefficient (Wildman–Crippen LogP) is 4.21. The summed E-state index contributed by atoms with van der Waals surface area (Å²) in [4.78, 5) is 5.01. The van der Waals surface area contributed by atoms with Gasteiger partial charge in [-0.2, -0.15) is 0 Å². The summed E-state index contributed by atoms with van der Waals surface area (Å²) in [6.45, 7) is 6.40. The van der Waals surface area contributed by atoms with Crippen molar-refractivity contribution in [3.8, 4) is 0 Å². The van der Waals surface area contributed by atoms with Gasteiger partial charge in [0.25, 0.3) is 0 Å². The van der Waals surface area contributed by atoms with Crippen LogP contribution in [0.5, 0.6) is 0 Å². The number of nitrogens with one attached hydrogen (secondary N) is 1. The van der Waals surface area contributed by atoms with Crippen LogP contribution >= 0.6 is 23.4 Å². The minimum atomic E-state index is 0.783. The fourth-order valence-corrected chi connectivity index (χ4v) is 3.58. The molecule has 3 rings (SSSR count). The van der Waals surface area contributed by atoms with E-state index in [0.717, 1.165) is 31.2 Å². The maximum atomic E-state index is 5.96. The van der Waals surface area contributed by atoms with E-state index in [-0.39, 0.29) is 0 Å².